The molecule has 5 nitrogen and oxygen atoms in total. The zero-order valence-corrected chi connectivity index (χ0v) is 12.6. The fourth-order valence-corrected chi connectivity index (χ4v) is 2.85. The van der Waals surface area contributed by atoms with E-state index >= 15 is 0 Å². The average Bonchev–Trinajstić information content (AvgIpc) is 2.37. The van der Waals surface area contributed by atoms with Gasteiger partial charge in [0.1, 0.15) is 0 Å². The highest BCUT2D eigenvalue weighted by Gasteiger charge is 2.26. The second-order valence-corrected chi connectivity index (χ2v) is 6.09. The van der Waals surface area contributed by atoms with E-state index in [1.165, 1.54) is 0 Å². The van der Waals surface area contributed by atoms with Gasteiger partial charge in [0.2, 0.25) is 0 Å². The van der Waals surface area contributed by atoms with Crippen molar-refractivity contribution in [2.75, 3.05) is 38.7 Å². The monoisotopic (exact) mass is 288 g/mol. The third-order valence-electron chi connectivity index (χ3n) is 3.42. The van der Waals surface area contributed by atoms with Gasteiger partial charge in [0.15, 0.2) is 0 Å². The van der Waals surface area contributed by atoms with E-state index < -0.39 is 5.97 Å². The summed E-state index contributed by atoms with van der Waals surface area (Å²) in [6, 6.07) is 0.0381. The molecule has 1 saturated heterocycles. The number of rotatable bonds is 6. The van der Waals surface area contributed by atoms with Gasteiger partial charge in [-0.05, 0) is 37.2 Å². The van der Waals surface area contributed by atoms with Gasteiger partial charge in [-0.2, -0.15) is 11.8 Å². The minimum Gasteiger partial charge on any atom is -0.481 e. The number of carboxylic acid groups (broad SMARTS) is 1. The summed E-state index contributed by atoms with van der Waals surface area (Å²) in [5, 5.41) is 8.83. The molecular formula is C13H24N2O3S. The fourth-order valence-electron chi connectivity index (χ4n) is 2.44. The predicted octanol–water partition coefficient (Wildman–Crippen LogP) is 1.98. The SMILES string of the molecule is CSCCCN(C)C(=O)N1CCCC(CC(=O)O)C1. The van der Waals surface area contributed by atoms with Crippen molar-refractivity contribution in [3.63, 3.8) is 0 Å². The van der Waals surface area contributed by atoms with Crippen LogP contribution in [0, 0.1) is 5.92 Å². The van der Waals surface area contributed by atoms with Crippen LogP contribution >= 0.6 is 11.8 Å². The van der Waals surface area contributed by atoms with E-state index in [9.17, 15) is 9.59 Å². The summed E-state index contributed by atoms with van der Waals surface area (Å²) in [6.07, 6.45) is 5.04. The fraction of sp³-hybridized carbons (Fsp3) is 0.846. The van der Waals surface area contributed by atoms with Crippen LogP contribution in [0.1, 0.15) is 25.7 Å². The Hall–Kier alpha value is -0.910. The van der Waals surface area contributed by atoms with E-state index in [1.807, 2.05) is 7.05 Å². The molecule has 0 bridgehead atoms. The zero-order chi connectivity index (χ0) is 14.3. The van der Waals surface area contributed by atoms with Gasteiger partial charge >= 0.3 is 12.0 Å². The smallest absolute Gasteiger partial charge is 0.319 e. The molecule has 1 N–H and O–H groups in total. The highest BCUT2D eigenvalue weighted by molar-refractivity contribution is 7.98. The van der Waals surface area contributed by atoms with Crippen molar-refractivity contribution < 1.29 is 14.7 Å². The second-order valence-electron chi connectivity index (χ2n) is 5.10. The van der Waals surface area contributed by atoms with Crippen molar-refractivity contribution in [3.8, 4) is 0 Å². The Bertz CT molecular complexity index is 312. The molecule has 0 spiro atoms. The van der Waals surface area contributed by atoms with Crippen LogP contribution in [-0.2, 0) is 4.79 Å². The minimum absolute atomic E-state index is 0.0381. The van der Waals surface area contributed by atoms with Crippen molar-refractivity contribution >= 4 is 23.8 Å². The number of likely N-dealkylation sites (tertiary alicyclic amines) is 1. The van der Waals surface area contributed by atoms with Gasteiger partial charge < -0.3 is 14.9 Å². The highest BCUT2D eigenvalue weighted by atomic mass is 32.2. The number of nitrogens with zero attached hydrogens (tertiary/aromatic N) is 2. The highest BCUT2D eigenvalue weighted by Crippen LogP contribution is 2.20. The van der Waals surface area contributed by atoms with Crippen LogP contribution in [0.4, 0.5) is 4.79 Å². The second kappa shape index (κ2) is 8.30. The standard InChI is InChI=1S/C13H24N2O3S/c1-14(6-4-8-19-2)13(18)15-7-3-5-11(10-15)9-12(16)17/h11H,3-10H2,1-2H3,(H,16,17). The Morgan fingerprint density at radius 1 is 1.47 bits per heavy atom. The van der Waals surface area contributed by atoms with Crippen LogP contribution < -0.4 is 0 Å². The molecule has 0 saturated carbocycles. The van der Waals surface area contributed by atoms with Crippen molar-refractivity contribution in [3.05, 3.63) is 0 Å². The number of urea groups is 1. The number of carbonyl (C=O) groups is 2. The zero-order valence-electron chi connectivity index (χ0n) is 11.8. The lowest BCUT2D eigenvalue weighted by Gasteiger charge is -2.34. The average molecular weight is 288 g/mol. The first-order valence-corrected chi connectivity index (χ1v) is 8.14. The Balaban J connectivity index is 2.40. The number of piperidine rings is 1. The number of carbonyl (C=O) groups excluding carboxylic acids is 1. The molecule has 0 radical (unpaired) electrons. The molecule has 110 valence electrons. The molecule has 0 aromatic heterocycles. The Kier molecular flexibility index (Phi) is 7.05. The van der Waals surface area contributed by atoms with Crippen molar-refractivity contribution in [2.24, 2.45) is 5.92 Å². The van der Waals surface area contributed by atoms with Gasteiger partial charge in [-0.25, -0.2) is 4.79 Å². The van der Waals surface area contributed by atoms with Crippen LogP contribution in [0.2, 0.25) is 0 Å². The molecule has 1 heterocycles. The van der Waals surface area contributed by atoms with E-state index in [0.29, 0.717) is 6.54 Å². The van der Waals surface area contributed by atoms with Gasteiger partial charge in [0, 0.05) is 33.1 Å². The lowest BCUT2D eigenvalue weighted by molar-refractivity contribution is -0.138. The summed E-state index contributed by atoms with van der Waals surface area (Å²) in [5.41, 5.74) is 0. The van der Waals surface area contributed by atoms with E-state index in [-0.39, 0.29) is 18.4 Å². The number of carboxylic acids is 1. The van der Waals surface area contributed by atoms with E-state index in [2.05, 4.69) is 6.26 Å². The molecule has 1 unspecified atom stereocenters. The van der Waals surface area contributed by atoms with Crippen molar-refractivity contribution in [1.29, 1.82) is 0 Å². The number of aliphatic carboxylic acids is 1. The lowest BCUT2D eigenvalue weighted by Crippen LogP contribution is -2.46. The normalized spacial score (nSPS) is 19.3. The van der Waals surface area contributed by atoms with Gasteiger partial charge in [-0.15, -0.1) is 0 Å². The maximum Gasteiger partial charge on any atom is 0.319 e. The predicted molar refractivity (Wildman–Crippen MR) is 77.6 cm³/mol. The molecule has 1 rings (SSSR count). The number of thioether (sulfide) groups is 1. The molecular weight excluding hydrogens is 264 g/mol. The Labute approximate surface area is 119 Å². The molecule has 0 aliphatic carbocycles. The molecule has 1 aliphatic rings. The van der Waals surface area contributed by atoms with Gasteiger partial charge in [0.05, 0.1) is 0 Å². The first kappa shape index (κ1) is 16.1. The molecule has 1 aliphatic heterocycles. The van der Waals surface area contributed by atoms with E-state index in [1.54, 1.807) is 21.6 Å². The maximum absolute atomic E-state index is 12.2. The number of hydrogen-bond donors (Lipinski definition) is 1. The molecule has 0 aromatic rings. The number of hydrogen-bond acceptors (Lipinski definition) is 3. The van der Waals surface area contributed by atoms with E-state index in [4.69, 9.17) is 5.11 Å². The third-order valence-corrected chi connectivity index (χ3v) is 4.12. The molecule has 0 aromatic carbocycles. The largest absolute Gasteiger partial charge is 0.481 e. The maximum atomic E-state index is 12.2. The summed E-state index contributed by atoms with van der Waals surface area (Å²) in [4.78, 5) is 26.5. The molecule has 2 amide bonds. The Morgan fingerprint density at radius 3 is 2.84 bits per heavy atom. The summed E-state index contributed by atoms with van der Waals surface area (Å²) in [6.45, 7) is 2.10. The topological polar surface area (TPSA) is 60.9 Å². The van der Waals surface area contributed by atoms with Gasteiger partial charge in [0.25, 0.3) is 0 Å². The molecule has 1 atom stereocenters. The Morgan fingerprint density at radius 2 is 2.21 bits per heavy atom. The summed E-state index contributed by atoms with van der Waals surface area (Å²) in [7, 11) is 1.82. The number of amides is 2. The summed E-state index contributed by atoms with van der Waals surface area (Å²) < 4.78 is 0. The third kappa shape index (κ3) is 5.72. The van der Waals surface area contributed by atoms with Gasteiger partial charge in [-0.1, -0.05) is 0 Å². The van der Waals surface area contributed by atoms with E-state index in [0.717, 1.165) is 38.1 Å². The molecule has 1 fully saturated rings. The summed E-state index contributed by atoms with van der Waals surface area (Å²) in [5.74, 6) is 0.390. The van der Waals surface area contributed by atoms with Crippen LogP contribution in [0.15, 0.2) is 0 Å². The first-order chi connectivity index (χ1) is 9.04. The van der Waals surface area contributed by atoms with Crippen molar-refractivity contribution in [2.45, 2.75) is 25.7 Å². The minimum atomic E-state index is -0.771. The molecule has 6 heteroatoms. The summed E-state index contributed by atoms with van der Waals surface area (Å²) >= 11 is 1.78. The first-order valence-electron chi connectivity index (χ1n) is 6.75. The van der Waals surface area contributed by atoms with Crippen LogP contribution in [0.25, 0.3) is 0 Å². The van der Waals surface area contributed by atoms with Crippen LogP contribution in [0.3, 0.4) is 0 Å². The quantitative estimate of drug-likeness (QED) is 0.759. The van der Waals surface area contributed by atoms with Gasteiger partial charge in [-0.3, -0.25) is 4.79 Å². The van der Waals surface area contributed by atoms with Crippen LogP contribution in [0.5, 0.6) is 0 Å². The van der Waals surface area contributed by atoms with Crippen molar-refractivity contribution in [1.82, 2.24) is 9.80 Å². The lowest BCUT2D eigenvalue weighted by atomic mass is 9.95. The molecule has 19 heavy (non-hydrogen) atoms. The van der Waals surface area contributed by atoms with Crippen LogP contribution in [-0.4, -0.2) is 65.6 Å².